The number of aliphatic carboxylic acids is 1. The minimum absolute atomic E-state index is 0.360. The Kier molecular flexibility index (Phi) is 9.30. The Hall–Kier alpha value is -3.65. The van der Waals surface area contributed by atoms with Gasteiger partial charge in [0.15, 0.2) is 6.10 Å². The lowest BCUT2D eigenvalue weighted by molar-refractivity contribution is -0.145. The lowest BCUT2D eigenvalue weighted by Gasteiger charge is -2.15. The molecule has 1 atom stereocenters. The first-order chi connectivity index (χ1) is 19.0. The van der Waals surface area contributed by atoms with E-state index in [0.29, 0.717) is 35.7 Å². The van der Waals surface area contributed by atoms with Crippen LogP contribution in [-0.4, -0.2) is 17.2 Å². The van der Waals surface area contributed by atoms with E-state index in [1.807, 2.05) is 32.0 Å². The Morgan fingerprint density at radius 1 is 0.975 bits per heavy atom. The molecule has 4 rings (SSSR count). The molecule has 4 nitrogen and oxygen atoms in total. The van der Waals surface area contributed by atoms with Crippen molar-refractivity contribution in [3.63, 3.8) is 0 Å². The summed E-state index contributed by atoms with van der Waals surface area (Å²) >= 11 is 1.60. The Morgan fingerprint density at radius 3 is 2.27 bits per heavy atom. The minimum atomic E-state index is -4.40. The van der Waals surface area contributed by atoms with Crippen LogP contribution in [0.5, 0.6) is 5.75 Å². The number of furan rings is 1. The molecule has 8 heteroatoms. The number of carboxylic acids is 1. The highest BCUT2D eigenvalue weighted by Crippen LogP contribution is 2.35. The lowest BCUT2D eigenvalue weighted by Crippen LogP contribution is -2.26. The summed E-state index contributed by atoms with van der Waals surface area (Å²) in [7, 11) is 0. The molecule has 0 bridgehead atoms. The van der Waals surface area contributed by atoms with Gasteiger partial charge in [-0.2, -0.15) is 13.2 Å². The average molecular weight is 569 g/mol. The van der Waals surface area contributed by atoms with E-state index in [1.54, 1.807) is 24.8 Å². The number of benzene rings is 3. The molecule has 0 saturated heterocycles. The van der Waals surface area contributed by atoms with Crippen LogP contribution in [0.2, 0.25) is 0 Å². The molecule has 0 spiro atoms. The number of carbonyl (C=O) groups is 1. The quantitative estimate of drug-likeness (QED) is 0.183. The number of thioether (sulfide) groups is 1. The van der Waals surface area contributed by atoms with Gasteiger partial charge in [0, 0.05) is 28.2 Å². The number of hydrogen-bond donors (Lipinski definition) is 1. The molecule has 4 aromatic rings. The normalized spacial score (nSPS) is 12.3. The molecular weight excluding hydrogens is 537 g/mol. The monoisotopic (exact) mass is 568 g/mol. The van der Waals surface area contributed by atoms with Crippen molar-refractivity contribution in [3.05, 3.63) is 106 Å². The van der Waals surface area contributed by atoms with Crippen LogP contribution in [0.15, 0.2) is 82.1 Å². The number of alkyl halides is 3. The molecule has 210 valence electrons. The SMILES string of the molecule is CCC(Oc1ccc(SCc2cc(-c3ccc(C(F)(F)F)cc3)oc2CCc2ccc(C)cc2)cc1C)C(=O)O. The Balaban J connectivity index is 1.54. The first kappa shape index (κ1) is 29.3. The lowest BCUT2D eigenvalue weighted by atomic mass is 10.1. The van der Waals surface area contributed by atoms with Gasteiger partial charge >= 0.3 is 12.1 Å². The third kappa shape index (κ3) is 7.50. The van der Waals surface area contributed by atoms with Gasteiger partial charge in [0.25, 0.3) is 0 Å². The predicted molar refractivity (Wildman–Crippen MR) is 151 cm³/mol. The minimum Gasteiger partial charge on any atom is -0.479 e. The second-order valence-electron chi connectivity index (χ2n) is 9.69. The summed E-state index contributed by atoms with van der Waals surface area (Å²) in [5.41, 5.74) is 4.05. The van der Waals surface area contributed by atoms with Crippen LogP contribution in [-0.2, 0) is 29.6 Å². The van der Waals surface area contributed by atoms with E-state index in [-0.39, 0.29) is 0 Å². The van der Waals surface area contributed by atoms with Gasteiger partial charge in [-0.3, -0.25) is 0 Å². The second kappa shape index (κ2) is 12.7. The van der Waals surface area contributed by atoms with Crippen molar-refractivity contribution >= 4 is 17.7 Å². The Morgan fingerprint density at radius 2 is 1.68 bits per heavy atom. The van der Waals surface area contributed by atoms with Gasteiger partial charge in [-0.1, -0.05) is 48.9 Å². The standard InChI is InChI=1S/C32H31F3O4S/c1-4-27(31(36)37)38-28-16-14-26(17-21(28)3)40-19-24-18-30(23-10-12-25(13-11-23)32(33,34)35)39-29(24)15-9-22-7-5-20(2)6-8-22/h5-8,10-14,16-18,27H,4,9,15,19H2,1-3H3,(H,36,37). The van der Waals surface area contributed by atoms with Crippen LogP contribution in [0.3, 0.4) is 0 Å². The number of aryl methyl sites for hydroxylation is 4. The van der Waals surface area contributed by atoms with Gasteiger partial charge in [-0.25, -0.2) is 4.79 Å². The van der Waals surface area contributed by atoms with E-state index in [4.69, 9.17) is 9.15 Å². The van der Waals surface area contributed by atoms with E-state index in [0.717, 1.165) is 40.3 Å². The number of carboxylic acid groups (broad SMARTS) is 1. The van der Waals surface area contributed by atoms with E-state index in [2.05, 4.69) is 24.3 Å². The van der Waals surface area contributed by atoms with Gasteiger partial charge in [0.2, 0.25) is 0 Å². The molecule has 0 aliphatic rings. The molecule has 0 aliphatic heterocycles. The number of ether oxygens (including phenoxy) is 1. The first-order valence-electron chi connectivity index (χ1n) is 13.0. The number of rotatable bonds is 11. The zero-order chi connectivity index (χ0) is 28.9. The number of hydrogen-bond acceptors (Lipinski definition) is 4. The molecule has 1 unspecified atom stereocenters. The fraction of sp³-hybridized carbons (Fsp3) is 0.281. The van der Waals surface area contributed by atoms with E-state index in [9.17, 15) is 23.1 Å². The second-order valence-corrected chi connectivity index (χ2v) is 10.7. The van der Waals surface area contributed by atoms with Crippen molar-refractivity contribution in [2.45, 2.75) is 63.0 Å². The molecule has 1 aromatic heterocycles. The fourth-order valence-electron chi connectivity index (χ4n) is 4.25. The van der Waals surface area contributed by atoms with Crippen molar-refractivity contribution in [3.8, 4) is 17.1 Å². The summed E-state index contributed by atoms with van der Waals surface area (Å²) in [4.78, 5) is 12.3. The van der Waals surface area contributed by atoms with E-state index < -0.39 is 23.8 Å². The van der Waals surface area contributed by atoms with Crippen molar-refractivity contribution in [2.24, 2.45) is 0 Å². The average Bonchev–Trinajstić information content (AvgIpc) is 3.33. The molecule has 0 amide bonds. The molecule has 1 N–H and O–H groups in total. The summed E-state index contributed by atoms with van der Waals surface area (Å²) in [5, 5.41) is 9.29. The van der Waals surface area contributed by atoms with Crippen molar-refractivity contribution < 1.29 is 32.2 Å². The maximum absolute atomic E-state index is 13.0. The molecule has 0 aliphatic carbocycles. The van der Waals surface area contributed by atoms with E-state index in [1.165, 1.54) is 23.3 Å². The van der Waals surface area contributed by atoms with Crippen LogP contribution < -0.4 is 4.74 Å². The Bertz CT molecular complexity index is 1440. The van der Waals surface area contributed by atoms with Gasteiger partial charge in [-0.05, 0) is 74.2 Å². The van der Waals surface area contributed by atoms with Crippen LogP contribution in [0.4, 0.5) is 13.2 Å². The Labute approximate surface area is 236 Å². The van der Waals surface area contributed by atoms with Crippen molar-refractivity contribution in [1.82, 2.24) is 0 Å². The zero-order valence-corrected chi connectivity index (χ0v) is 23.4. The summed E-state index contributed by atoms with van der Waals surface area (Å²) in [5.74, 6) is 1.46. The van der Waals surface area contributed by atoms with Crippen LogP contribution in [0.1, 0.15) is 46.9 Å². The largest absolute Gasteiger partial charge is 0.479 e. The molecule has 0 saturated carbocycles. The van der Waals surface area contributed by atoms with E-state index >= 15 is 0 Å². The molecular formula is C32H31F3O4S. The van der Waals surface area contributed by atoms with Crippen LogP contribution >= 0.6 is 11.8 Å². The smallest absolute Gasteiger partial charge is 0.416 e. The third-order valence-electron chi connectivity index (χ3n) is 6.61. The van der Waals surface area contributed by atoms with Gasteiger partial charge in [0.05, 0.1) is 5.56 Å². The molecule has 0 fully saturated rings. The maximum atomic E-state index is 13.0. The van der Waals surface area contributed by atoms with Crippen LogP contribution in [0, 0.1) is 13.8 Å². The summed E-state index contributed by atoms with van der Waals surface area (Å²) in [6.07, 6.45) is -3.52. The fourth-order valence-corrected chi connectivity index (χ4v) is 5.24. The van der Waals surface area contributed by atoms with Crippen LogP contribution in [0.25, 0.3) is 11.3 Å². The van der Waals surface area contributed by atoms with Crippen molar-refractivity contribution in [2.75, 3.05) is 0 Å². The third-order valence-corrected chi connectivity index (χ3v) is 7.65. The highest BCUT2D eigenvalue weighted by Gasteiger charge is 2.30. The summed E-state index contributed by atoms with van der Waals surface area (Å²) in [6, 6.07) is 20.8. The summed E-state index contributed by atoms with van der Waals surface area (Å²) < 4.78 is 51.0. The topological polar surface area (TPSA) is 59.7 Å². The molecule has 3 aromatic carbocycles. The number of halogens is 3. The predicted octanol–water partition coefficient (Wildman–Crippen LogP) is 8.90. The van der Waals surface area contributed by atoms with Gasteiger partial charge in [0.1, 0.15) is 17.3 Å². The first-order valence-corrected chi connectivity index (χ1v) is 14.0. The molecule has 0 radical (unpaired) electrons. The highest BCUT2D eigenvalue weighted by molar-refractivity contribution is 7.98. The summed E-state index contributed by atoms with van der Waals surface area (Å²) in [6.45, 7) is 5.68. The highest BCUT2D eigenvalue weighted by atomic mass is 32.2. The maximum Gasteiger partial charge on any atom is 0.416 e. The molecule has 40 heavy (non-hydrogen) atoms. The van der Waals surface area contributed by atoms with Gasteiger partial charge in [-0.15, -0.1) is 11.8 Å². The zero-order valence-electron chi connectivity index (χ0n) is 22.5. The van der Waals surface area contributed by atoms with Gasteiger partial charge < -0.3 is 14.3 Å². The van der Waals surface area contributed by atoms with Crippen molar-refractivity contribution in [1.29, 1.82) is 0 Å². The molecule has 1 heterocycles.